The highest BCUT2D eigenvalue weighted by Gasteiger charge is 2.34. The summed E-state index contributed by atoms with van der Waals surface area (Å²) in [5, 5.41) is 8.46. The SMILES string of the molecule is CC(C)C(=O)C1CC(C#N)C1. The van der Waals surface area contributed by atoms with E-state index in [0.717, 1.165) is 12.8 Å². The summed E-state index contributed by atoms with van der Waals surface area (Å²) >= 11 is 0. The number of hydrogen-bond donors (Lipinski definition) is 0. The van der Waals surface area contributed by atoms with Gasteiger partial charge in [-0.05, 0) is 12.8 Å². The van der Waals surface area contributed by atoms with Gasteiger partial charge >= 0.3 is 0 Å². The molecule has 0 bridgehead atoms. The van der Waals surface area contributed by atoms with E-state index >= 15 is 0 Å². The van der Waals surface area contributed by atoms with Crippen molar-refractivity contribution in [1.82, 2.24) is 0 Å². The van der Waals surface area contributed by atoms with Gasteiger partial charge in [-0.2, -0.15) is 5.26 Å². The molecule has 0 unspecified atom stereocenters. The van der Waals surface area contributed by atoms with E-state index in [9.17, 15) is 4.79 Å². The predicted molar refractivity (Wildman–Crippen MR) is 41.7 cm³/mol. The number of carbonyl (C=O) groups excluding carboxylic acids is 1. The molecule has 0 radical (unpaired) electrons. The summed E-state index contributed by atoms with van der Waals surface area (Å²) in [5.41, 5.74) is 0. The smallest absolute Gasteiger partial charge is 0.138 e. The molecule has 0 aromatic rings. The highest BCUT2D eigenvalue weighted by molar-refractivity contribution is 5.83. The second-order valence-corrected chi connectivity index (χ2v) is 3.55. The third kappa shape index (κ3) is 1.59. The van der Waals surface area contributed by atoms with Crippen LogP contribution in [0, 0.1) is 29.1 Å². The molecule has 0 aromatic carbocycles. The monoisotopic (exact) mass is 151 g/mol. The lowest BCUT2D eigenvalue weighted by atomic mass is 9.71. The van der Waals surface area contributed by atoms with Crippen molar-refractivity contribution in [2.24, 2.45) is 17.8 Å². The van der Waals surface area contributed by atoms with Crippen LogP contribution in [0.2, 0.25) is 0 Å². The first-order valence-electron chi connectivity index (χ1n) is 4.08. The molecule has 2 nitrogen and oxygen atoms in total. The average molecular weight is 151 g/mol. The third-order valence-corrected chi connectivity index (χ3v) is 2.29. The number of carbonyl (C=O) groups is 1. The maximum absolute atomic E-state index is 11.3. The molecule has 1 aliphatic carbocycles. The summed E-state index contributed by atoms with van der Waals surface area (Å²) in [4.78, 5) is 11.3. The van der Waals surface area contributed by atoms with Crippen LogP contribution in [-0.4, -0.2) is 5.78 Å². The van der Waals surface area contributed by atoms with E-state index < -0.39 is 0 Å². The standard InChI is InChI=1S/C9H13NO/c1-6(2)9(11)8-3-7(4-8)5-10/h6-8H,3-4H2,1-2H3. The molecule has 11 heavy (non-hydrogen) atoms. The summed E-state index contributed by atoms with van der Waals surface area (Å²) in [5.74, 6) is 0.818. The van der Waals surface area contributed by atoms with Crippen LogP contribution < -0.4 is 0 Å². The van der Waals surface area contributed by atoms with Crippen LogP contribution in [0.5, 0.6) is 0 Å². The highest BCUT2D eigenvalue weighted by Crippen LogP contribution is 2.35. The Labute approximate surface area is 67.2 Å². The molecule has 0 N–H and O–H groups in total. The van der Waals surface area contributed by atoms with Gasteiger partial charge < -0.3 is 0 Å². The summed E-state index contributed by atoms with van der Waals surface area (Å²) < 4.78 is 0. The average Bonchev–Trinajstić information content (AvgIpc) is 1.85. The topological polar surface area (TPSA) is 40.9 Å². The lowest BCUT2D eigenvalue weighted by Gasteiger charge is -2.30. The van der Waals surface area contributed by atoms with Crippen molar-refractivity contribution in [3.63, 3.8) is 0 Å². The second-order valence-electron chi connectivity index (χ2n) is 3.55. The molecule has 0 aromatic heterocycles. The minimum absolute atomic E-state index is 0.139. The zero-order valence-electron chi connectivity index (χ0n) is 7.00. The Morgan fingerprint density at radius 2 is 2.09 bits per heavy atom. The molecule has 0 spiro atoms. The number of Topliss-reactive ketones (excluding diaryl/α,β-unsaturated/α-hetero) is 1. The molecular weight excluding hydrogens is 138 g/mol. The van der Waals surface area contributed by atoms with E-state index in [1.54, 1.807) is 0 Å². The van der Waals surface area contributed by atoms with Crippen molar-refractivity contribution in [3.8, 4) is 6.07 Å². The summed E-state index contributed by atoms with van der Waals surface area (Å²) in [6.45, 7) is 3.84. The van der Waals surface area contributed by atoms with Crippen molar-refractivity contribution in [3.05, 3.63) is 0 Å². The van der Waals surface area contributed by atoms with Gasteiger partial charge in [-0.15, -0.1) is 0 Å². The van der Waals surface area contributed by atoms with Gasteiger partial charge in [0.15, 0.2) is 0 Å². The van der Waals surface area contributed by atoms with Crippen LogP contribution in [0.4, 0.5) is 0 Å². The van der Waals surface area contributed by atoms with E-state index in [2.05, 4.69) is 6.07 Å². The maximum atomic E-state index is 11.3. The lowest BCUT2D eigenvalue weighted by Crippen LogP contribution is -2.32. The van der Waals surface area contributed by atoms with Crippen molar-refractivity contribution < 1.29 is 4.79 Å². The first kappa shape index (κ1) is 8.26. The van der Waals surface area contributed by atoms with Crippen LogP contribution in [0.1, 0.15) is 26.7 Å². The molecular formula is C9H13NO. The van der Waals surface area contributed by atoms with E-state index in [1.807, 2.05) is 13.8 Å². The molecule has 1 aliphatic rings. The van der Waals surface area contributed by atoms with E-state index in [1.165, 1.54) is 0 Å². The molecule has 2 heteroatoms. The third-order valence-electron chi connectivity index (χ3n) is 2.29. The number of ketones is 1. The van der Waals surface area contributed by atoms with Gasteiger partial charge in [0.25, 0.3) is 0 Å². The van der Waals surface area contributed by atoms with Gasteiger partial charge in [-0.3, -0.25) is 4.79 Å². The van der Waals surface area contributed by atoms with Gasteiger partial charge in [0.2, 0.25) is 0 Å². The predicted octanol–water partition coefficient (Wildman–Crippen LogP) is 1.76. The highest BCUT2D eigenvalue weighted by atomic mass is 16.1. The summed E-state index contributed by atoms with van der Waals surface area (Å²) in [6, 6.07) is 2.17. The van der Waals surface area contributed by atoms with Crippen molar-refractivity contribution in [2.45, 2.75) is 26.7 Å². The molecule has 0 aliphatic heterocycles. The Morgan fingerprint density at radius 3 is 2.45 bits per heavy atom. The van der Waals surface area contributed by atoms with Gasteiger partial charge in [-0.25, -0.2) is 0 Å². The van der Waals surface area contributed by atoms with Crippen LogP contribution in [0.25, 0.3) is 0 Å². The number of rotatable bonds is 2. The minimum atomic E-state index is 0.139. The Kier molecular flexibility index (Phi) is 2.28. The van der Waals surface area contributed by atoms with Crippen molar-refractivity contribution in [2.75, 3.05) is 0 Å². The molecule has 0 atom stereocenters. The first-order valence-corrected chi connectivity index (χ1v) is 4.08. The van der Waals surface area contributed by atoms with Crippen LogP contribution >= 0.6 is 0 Å². The van der Waals surface area contributed by atoms with Gasteiger partial charge in [0.05, 0.1) is 6.07 Å². The molecule has 1 saturated carbocycles. The molecule has 1 fully saturated rings. The summed E-state index contributed by atoms with van der Waals surface area (Å²) in [6.07, 6.45) is 1.60. The summed E-state index contributed by atoms with van der Waals surface area (Å²) in [7, 11) is 0. The Bertz CT molecular complexity index is 196. The largest absolute Gasteiger partial charge is 0.299 e. The van der Waals surface area contributed by atoms with Gasteiger partial charge in [-0.1, -0.05) is 13.8 Å². The number of nitriles is 1. The Hall–Kier alpha value is -0.840. The lowest BCUT2D eigenvalue weighted by molar-refractivity contribution is -0.129. The zero-order valence-corrected chi connectivity index (χ0v) is 7.00. The maximum Gasteiger partial charge on any atom is 0.138 e. The fourth-order valence-electron chi connectivity index (χ4n) is 1.43. The van der Waals surface area contributed by atoms with Crippen molar-refractivity contribution in [1.29, 1.82) is 5.26 Å². The molecule has 0 heterocycles. The van der Waals surface area contributed by atoms with Crippen molar-refractivity contribution >= 4 is 5.78 Å². The fourth-order valence-corrected chi connectivity index (χ4v) is 1.43. The van der Waals surface area contributed by atoms with E-state index in [0.29, 0.717) is 5.78 Å². The molecule has 1 rings (SSSR count). The van der Waals surface area contributed by atoms with Crippen LogP contribution in [0.3, 0.4) is 0 Å². The number of hydrogen-bond acceptors (Lipinski definition) is 2. The quantitative estimate of drug-likeness (QED) is 0.603. The fraction of sp³-hybridized carbons (Fsp3) is 0.778. The molecule has 0 saturated heterocycles. The van der Waals surface area contributed by atoms with Crippen LogP contribution in [-0.2, 0) is 4.79 Å². The zero-order chi connectivity index (χ0) is 8.43. The van der Waals surface area contributed by atoms with Gasteiger partial charge in [0.1, 0.15) is 5.78 Å². The molecule has 0 amide bonds. The van der Waals surface area contributed by atoms with E-state index in [4.69, 9.17) is 5.26 Å². The Morgan fingerprint density at radius 1 is 1.55 bits per heavy atom. The number of nitrogens with zero attached hydrogens (tertiary/aromatic N) is 1. The molecule has 60 valence electrons. The minimum Gasteiger partial charge on any atom is -0.299 e. The van der Waals surface area contributed by atoms with Crippen LogP contribution in [0.15, 0.2) is 0 Å². The second kappa shape index (κ2) is 3.04. The normalized spacial score (nSPS) is 29.3. The first-order chi connectivity index (χ1) is 5.15. The van der Waals surface area contributed by atoms with Gasteiger partial charge in [0, 0.05) is 17.8 Å². The van der Waals surface area contributed by atoms with E-state index in [-0.39, 0.29) is 17.8 Å². The Balaban J connectivity index is 2.34.